The highest BCUT2D eigenvalue weighted by Gasteiger charge is 2.29. The minimum Gasteiger partial charge on any atom is -0.364 e. The molecule has 1 saturated heterocycles. The van der Waals surface area contributed by atoms with Gasteiger partial charge in [-0.3, -0.25) is 9.48 Å². The molecule has 2 heterocycles. The fourth-order valence-corrected chi connectivity index (χ4v) is 1.78. The molecular weight excluding hydrogens is 208 g/mol. The number of aryl methyl sites for hydroxylation is 1. The predicted octanol–water partition coefficient (Wildman–Crippen LogP) is -0.135. The SMILES string of the molecule is Cn1cc(NC(=O)[C@@H]2CC[C@H](CN)O2)cn1. The Morgan fingerprint density at radius 1 is 1.75 bits per heavy atom. The lowest BCUT2D eigenvalue weighted by atomic mass is 10.2. The van der Waals surface area contributed by atoms with Gasteiger partial charge in [0.15, 0.2) is 0 Å². The van der Waals surface area contributed by atoms with Crippen LogP contribution in [0, 0.1) is 0 Å². The number of nitrogens with two attached hydrogens (primary N) is 1. The number of carbonyl (C=O) groups excluding carboxylic acids is 1. The zero-order chi connectivity index (χ0) is 11.5. The third kappa shape index (κ3) is 2.40. The number of rotatable bonds is 3. The summed E-state index contributed by atoms with van der Waals surface area (Å²) < 4.78 is 7.12. The maximum Gasteiger partial charge on any atom is 0.253 e. The van der Waals surface area contributed by atoms with E-state index in [2.05, 4.69) is 10.4 Å². The molecule has 0 saturated carbocycles. The molecular formula is C10H16N4O2. The molecule has 1 aromatic heterocycles. The van der Waals surface area contributed by atoms with Crippen molar-refractivity contribution in [2.75, 3.05) is 11.9 Å². The Hall–Kier alpha value is -1.40. The van der Waals surface area contributed by atoms with E-state index in [1.165, 1.54) is 0 Å². The van der Waals surface area contributed by atoms with Crippen molar-refractivity contribution >= 4 is 11.6 Å². The molecule has 1 amide bonds. The Morgan fingerprint density at radius 2 is 2.56 bits per heavy atom. The van der Waals surface area contributed by atoms with Crippen LogP contribution in [-0.2, 0) is 16.6 Å². The monoisotopic (exact) mass is 224 g/mol. The van der Waals surface area contributed by atoms with Gasteiger partial charge in [-0.05, 0) is 12.8 Å². The third-order valence-corrected chi connectivity index (χ3v) is 2.64. The first kappa shape index (κ1) is 11.1. The number of amides is 1. The topological polar surface area (TPSA) is 82.2 Å². The van der Waals surface area contributed by atoms with E-state index < -0.39 is 0 Å². The van der Waals surface area contributed by atoms with Crippen molar-refractivity contribution in [2.45, 2.75) is 25.0 Å². The van der Waals surface area contributed by atoms with Crippen molar-refractivity contribution in [1.29, 1.82) is 0 Å². The minimum atomic E-state index is -0.381. The van der Waals surface area contributed by atoms with E-state index in [1.807, 2.05) is 0 Å². The van der Waals surface area contributed by atoms with E-state index in [1.54, 1.807) is 24.1 Å². The number of hydrogen-bond donors (Lipinski definition) is 2. The molecule has 1 fully saturated rings. The number of carbonyl (C=O) groups is 1. The quantitative estimate of drug-likeness (QED) is 0.749. The summed E-state index contributed by atoms with van der Waals surface area (Å²) >= 11 is 0. The first-order valence-electron chi connectivity index (χ1n) is 5.34. The third-order valence-electron chi connectivity index (χ3n) is 2.64. The van der Waals surface area contributed by atoms with Crippen LogP contribution >= 0.6 is 0 Å². The standard InChI is InChI=1S/C10H16N4O2/c1-14-6-7(5-12-14)13-10(15)9-3-2-8(4-11)16-9/h5-6,8-9H,2-4,11H2,1H3,(H,13,15)/t8-,9+/m1/s1. The molecule has 3 N–H and O–H groups in total. The summed E-state index contributed by atoms with van der Waals surface area (Å²) in [6.07, 6.45) is 4.56. The van der Waals surface area contributed by atoms with E-state index in [9.17, 15) is 4.79 Å². The molecule has 1 aromatic rings. The summed E-state index contributed by atoms with van der Waals surface area (Å²) in [5.41, 5.74) is 6.17. The smallest absolute Gasteiger partial charge is 0.253 e. The van der Waals surface area contributed by atoms with E-state index in [4.69, 9.17) is 10.5 Å². The summed E-state index contributed by atoms with van der Waals surface area (Å²) in [6.45, 7) is 0.469. The van der Waals surface area contributed by atoms with Crippen molar-refractivity contribution in [1.82, 2.24) is 9.78 Å². The average molecular weight is 224 g/mol. The Balaban J connectivity index is 1.89. The van der Waals surface area contributed by atoms with Crippen LogP contribution in [0.2, 0.25) is 0 Å². The highest BCUT2D eigenvalue weighted by molar-refractivity contribution is 5.94. The van der Waals surface area contributed by atoms with Gasteiger partial charge in [0, 0.05) is 19.8 Å². The molecule has 16 heavy (non-hydrogen) atoms. The number of aromatic nitrogens is 2. The molecule has 6 nitrogen and oxygen atoms in total. The van der Waals surface area contributed by atoms with Crippen molar-refractivity contribution in [2.24, 2.45) is 12.8 Å². The normalized spacial score (nSPS) is 24.6. The van der Waals surface area contributed by atoms with Crippen LogP contribution in [0.4, 0.5) is 5.69 Å². The van der Waals surface area contributed by atoms with Gasteiger partial charge in [-0.1, -0.05) is 0 Å². The summed E-state index contributed by atoms with van der Waals surface area (Å²) in [4.78, 5) is 11.8. The largest absolute Gasteiger partial charge is 0.364 e. The van der Waals surface area contributed by atoms with E-state index in [-0.39, 0.29) is 18.1 Å². The van der Waals surface area contributed by atoms with Crippen LogP contribution in [0.15, 0.2) is 12.4 Å². The Labute approximate surface area is 93.8 Å². The second kappa shape index (κ2) is 4.63. The summed E-state index contributed by atoms with van der Waals surface area (Å²) in [7, 11) is 1.80. The second-order valence-electron chi connectivity index (χ2n) is 3.95. The Morgan fingerprint density at radius 3 is 3.12 bits per heavy atom. The lowest BCUT2D eigenvalue weighted by Crippen LogP contribution is -2.29. The summed E-state index contributed by atoms with van der Waals surface area (Å²) in [5, 5.41) is 6.73. The van der Waals surface area contributed by atoms with E-state index >= 15 is 0 Å². The van der Waals surface area contributed by atoms with Crippen LogP contribution in [0.1, 0.15) is 12.8 Å². The van der Waals surface area contributed by atoms with Crippen molar-refractivity contribution < 1.29 is 9.53 Å². The van der Waals surface area contributed by atoms with Crippen LogP contribution in [0.25, 0.3) is 0 Å². The van der Waals surface area contributed by atoms with Gasteiger partial charge >= 0.3 is 0 Å². The summed E-state index contributed by atoms with van der Waals surface area (Å²) in [6, 6.07) is 0. The molecule has 0 radical (unpaired) electrons. The summed E-state index contributed by atoms with van der Waals surface area (Å²) in [5.74, 6) is -0.121. The number of nitrogens with zero attached hydrogens (tertiary/aromatic N) is 2. The Kier molecular flexibility index (Phi) is 3.21. The molecule has 0 aromatic carbocycles. The molecule has 2 atom stereocenters. The van der Waals surface area contributed by atoms with E-state index in [0.29, 0.717) is 12.2 Å². The molecule has 0 bridgehead atoms. The number of ether oxygens (including phenoxy) is 1. The fourth-order valence-electron chi connectivity index (χ4n) is 1.78. The van der Waals surface area contributed by atoms with Gasteiger partial charge in [-0.25, -0.2) is 0 Å². The predicted molar refractivity (Wildman–Crippen MR) is 58.8 cm³/mol. The number of hydrogen-bond acceptors (Lipinski definition) is 4. The van der Waals surface area contributed by atoms with Gasteiger partial charge < -0.3 is 15.8 Å². The maximum absolute atomic E-state index is 11.8. The number of nitrogens with one attached hydrogen (secondary N) is 1. The maximum atomic E-state index is 11.8. The van der Waals surface area contributed by atoms with Gasteiger partial charge in [-0.15, -0.1) is 0 Å². The molecule has 2 rings (SSSR count). The molecule has 6 heteroatoms. The molecule has 0 aliphatic carbocycles. The number of anilines is 1. The molecule has 1 aliphatic rings. The van der Waals surface area contributed by atoms with Gasteiger partial charge in [0.2, 0.25) is 0 Å². The molecule has 0 unspecified atom stereocenters. The van der Waals surface area contributed by atoms with Gasteiger partial charge in [-0.2, -0.15) is 5.10 Å². The second-order valence-corrected chi connectivity index (χ2v) is 3.95. The molecule has 1 aliphatic heterocycles. The highest BCUT2D eigenvalue weighted by atomic mass is 16.5. The zero-order valence-electron chi connectivity index (χ0n) is 9.22. The lowest BCUT2D eigenvalue weighted by Gasteiger charge is -2.11. The van der Waals surface area contributed by atoms with Crippen molar-refractivity contribution in [3.63, 3.8) is 0 Å². The van der Waals surface area contributed by atoms with Gasteiger partial charge in [0.05, 0.1) is 18.0 Å². The van der Waals surface area contributed by atoms with Crippen LogP contribution < -0.4 is 11.1 Å². The van der Waals surface area contributed by atoms with Crippen molar-refractivity contribution in [3.8, 4) is 0 Å². The average Bonchev–Trinajstić information content (AvgIpc) is 2.87. The Bertz CT molecular complexity index is 377. The first-order chi connectivity index (χ1) is 7.69. The molecule has 0 spiro atoms. The van der Waals surface area contributed by atoms with E-state index in [0.717, 1.165) is 12.8 Å². The van der Waals surface area contributed by atoms with Crippen LogP contribution in [0.3, 0.4) is 0 Å². The molecule has 88 valence electrons. The fraction of sp³-hybridized carbons (Fsp3) is 0.600. The zero-order valence-corrected chi connectivity index (χ0v) is 9.22. The van der Waals surface area contributed by atoms with Crippen LogP contribution in [-0.4, -0.2) is 34.4 Å². The van der Waals surface area contributed by atoms with Gasteiger partial charge in [0.25, 0.3) is 5.91 Å². The van der Waals surface area contributed by atoms with Gasteiger partial charge in [0.1, 0.15) is 6.10 Å². The van der Waals surface area contributed by atoms with Crippen molar-refractivity contribution in [3.05, 3.63) is 12.4 Å². The highest BCUT2D eigenvalue weighted by Crippen LogP contribution is 2.20. The first-order valence-corrected chi connectivity index (χ1v) is 5.34. The minimum absolute atomic E-state index is 0.0182. The lowest BCUT2D eigenvalue weighted by molar-refractivity contribution is -0.126. The van der Waals surface area contributed by atoms with Crippen LogP contribution in [0.5, 0.6) is 0 Å².